The van der Waals surface area contributed by atoms with Gasteiger partial charge in [-0.25, -0.2) is 0 Å². The summed E-state index contributed by atoms with van der Waals surface area (Å²) in [6.45, 7) is 0. The van der Waals surface area contributed by atoms with E-state index in [2.05, 4.69) is 22.6 Å². The van der Waals surface area contributed by atoms with Crippen LogP contribution < -0.4 is 9.47 Å². The Kier molecular flexibility index (Phi) is 4.56. The Labute approximate surface area is 123 Å². The van der Waals surface area contributed by atoms with Crippen LogP contribution in [0.25, 0.3) is 0 Å². The molecule has 0 aliphatic rings. The smallest absolute Gasteiger partial charge is 0.269 e. The van der Waals surface area contributed by atoms with Crippen LogP contribution in [0.1, 0.15) is 0 Å². The molecule has 0 spiro atoms. The van der Waals surface area contributed by atoms with Crippen LogP contribution in [0.4, 0.5) is 5.69 Å². The molecule has 0 aliphatic carbocycles. The number of benzene rings is 2. The first-order chi connectivity index (χ1) is 9.19. The summed E-state index contributed by atoms with van der Waals surface area (Å²) in [5.74, 6) is 1.97. The third-order valence-electron chi connectivity index (χ3n) is 2.33. The van der Waals surface area contributed by atoms with E-state index in [-0.39, 0.29) is 5.69 Å². The summed E-state index contributed by atoms with van der Waals surface area (Å²) in [6.07, 6.45) is 0. The van der Waals surface area contributed by atoms with Gasteiger partial charge in [-0.3, -0.25) is 10.1 Å². The van der Waals surface area contributed by atoms with Crippen molar-refractivity contribution in [2.75, 3.05) is 4.61 Å². The molecule has 2 aromatic rings. The van der Waals surface area contributed by atoms with Crippen LogP contribution in [0.15, 0.2) is 48.5 Å². The topological polar surface area (TPSA) is 61.6 Å². The van der Waals surface area contributed by atoms with Gasteiger partial charge in [0.2, 0.25) is 0 Å². The zero-order valence-electron chi connectivity index (χ0n) is 9.78. The zero-order chi connectivity index (χ0) is 13.7. The van der Waals surface area contributed by atoms with Gasteiger partial charge in [-0.2, -0.15) is 0 Å². The van der Waals surface area contributed by atoms with Gasteiger partial charge < -0.3 is 9.47 Å². The Bertz CT molecular complexity index is 554. The lowest BCUT2D eigenvalue weighted by molar-refractivity contribution is -0.384. The Morgan fingerprint density at radius 3 is 1.89 bits per heavy atom. The van der Waals surface area contributed by atoms with Crippen molar-refractivity contribution < 1.29 is 14.4 Å². The van der Waals surface area contributed by atoms with Crippen molar-refractivity contribution in [1.82, 2.24) is 0 Å². The van der Waals surface area contributed by atoms with Crippen molar-refractivity contribution in [2.45, 2.75) is 0 Å². The molecule has 2 aromatic carbocycles. The van der Waals surface area contributed by atoms with Gasteiger partial charge in [0.1, 0.15) is 21.9 Å². The van der Waals surface area contributed by atoms with Gasteiger partial charge in [-0.1, -0.05) is 0 Å². The van der Waals surface area contributed by atoms with Gasteiger partial charge in [0.25, 0.3) is 5.69 Å². The van der Waals surface area contributed by atoms with E-state index in [0.717, 1.165) is 5.75 Å². The summed E-state index contributed by atoms with van der Waals surface area (Å²) in [7, 11) is 0. The minimum absolute atomic E-state index is 0.0399. The number of non-ortho nitro benzene ring substituents is 1. The molecule has 0 fully saturated rings. The predicted octanol–water partition coefficient (Wildman–Crippen LogP) is 4.16. The minimum Gasteiger partial charge on any atom is -0.483 e. The molecule has 6 heteroatoms. The molecule has 0 atom stereocenters. The Hall–Kier alpha value is -1.83. The molecule has 0 saturated carbocycles. The van der Waals surface area contributed by atoms with Crippen LogP contribution in [-0.4, -0.2) is 9.54 Å². The van der Waals surface area contributed by atoms with E-state index in [1.807, 2.05) is 0 Å². The second-order valence-corrected chi connectivity index (χ2v) is 4.20. The average Bonchev–Trinajstić information content (AvgIpc) is 2.42. The highest BCUT2D eigenvalue weighted by molar-refractivity contribution is 14.1. The first-order valence-corrected chi connectivity index (χ1v) is 6.93. The van der Waals surface area contributed by atoms with Crippen molar-refractivity contribution in [3.05, 3.63) is 58.6 Å². The van der Waals surface area contributed by atoms with Crippen LogP contribution in [-0.2, 0) is 0 Å². The van der Waals surface area contributed by atoms with Crippen LogP contribution in [0, 0.1) is 10.1 Å². The highest BCUT2D eigenvalue weighted by Gasteiger charge is 2.05. The second-order valence-electron chi connectivity index (χ2n) is 3.58. The lowest BCUT2D eigenvalue weighted by Gasteiger charge is -2.06. The maximum atomic E-state index is 10.5. The van der Waals surface area contributed by atoms with Crippen LogP contribution >= 0.6 is 22.6 Å². The van der Waals surface area contributed by atoms with Gasteiger partial charge in [0.15, 0.2) is 0 Å². The number of nitrogens with zero attached hydrogens (tertiary/aromatic N) is 1. The van der Waals surface area contributed by atoms with E-state index in [4.69, 9.17) is 9.47 Å². The molecule has 0 heterocycles. The largest absolute Gasteiger partial charge is 0.483 e. The zero-order valence-corrected chi connectivity index (χ0v) is 11.9. The summed E-state index contributed by atoms with van der Waals surface area (Å²) >= 11 is 2.12. The molecule has 2 rings (SSSR count). The third kappa shape index (κ3) is 3.82. The first kappa shape index (κ1) is 13.6. The Morgan fingerprint density at radius 2 is 1.42 bits per heavy atom. The highest BCUT2D eigenvalue weighted by atomic mass is 127. The fourth-order valence-electron chi connectivity index (χ4n) is 1.44. The van der Waals surface area contributed by atoms with Crippen molar-refractivity contribution in [1.29, 1.82) is 0 Å². The number of hydrogen-bond donors (Lipinski definition) is 0. The van der Waals surface area contributed by atoms with E-state index in [1.54, 1.807) is 36.4 Å². The third-order valence-corrected chi connectivity index (χ3v) is 2.64. The normalized spacial score (nSPS) is 9.95. The van der Waals surface area contributed by atoms with E-state index in [9.17, 15) is 10.1 Å². The van der Waals surface area contributed by atoms with E-state index in [0.29, 0.717) is 16.1 Å². The summed E-state index contributed by atoms with van der Waals surface area (Å²) in [5, 5.41) is 10.5. The van der Waals surface area contributed by atoms with Gasteiger partial charge >= 0.3 is 0 Å². The monoisotopic (exact) mass is 371 g/mol. The molecular formula is C13H10INO4. The lowest BCUT2D eigenvalue weighted by atomic mass is 10.3. The Morgan fingerprint density at radius 1 is 0.947 bits per heavy atom. The molecule has 0 N–H and O–H groups in total. The van der Waals surface area contributed by atoms with E-state index >= 15 is 0 Å². The van der Waals surface area contributed by atoms with Crippen LogP contribution in [0.5, 0.6) is 17.2 Å². The molecule has 0 bridgehead atoms. The van der Waals surface area contributed by atoms with Gasteiger partial charge in [0.05, 0.1) is 4.92 Å². The quantitative estimate of drug-likeness (QED) is 0.343. The summed E-state index contributed by atoms with van der Waals surface area (Å²) in [6, 6.07) is 13.1. The molecule has 98 valence electrons. The number of rotatable bonds is 5. The second kappa shape index (κ2) is 6.37. The summed E-state index contributed by atoms with van der Waals surface area (Å²) in [4.78, 5) is 10.1. The molecular weight excluding hydrogens is 361 g/mol. The number of halogens is 1. The summed E-state index contributed by atoms with van der Waals surface area (Å²) < 4.78 is 11.5. The van der Waals surface area contributed by atoms with Gasteiger partial charge in [-0.05, 0) is 59.0 Å². The van der Waals surface area contributed by atoms with E-state index < -0.39 is 4.92 Å². The van der Waals surface area contributed by atoms with Gasteiger partial charge in [-0.15, -0.1) is 0 Å². The fourth-order valence-corrected chi connectivity index (χ4v) is 1.80. The van der Waals surface area contributed by atoms with Crippen molar-refractivity contribution in [3.63, 3.8) is 0 Å². The fraction of sp³-hybridized carbons (Fsp3) is 0.0769. The maximum absolute atomic E-state index is 10.5. The van der Waals surface area contributed by atoms with E-state index in [1.165, 1.54) is 12.1 Å². The van der Waals surface area contributed by atoms with Gasteiger partial charge in [0, 0.05) is 12.1 Å². The number of ether oxygens (including phenoxy) is 2. The molecule has 19 heavy (non-hydrogen) atoms. The SMILES string of the molecule is O=[N+]([O-])c1ccc(Oc2ccc(OCI)cc2)cc1. The first-order valence-electron chi connectivity index (χ1n) is 5.40. The standard InChI is InChI=1S/C13H10INO4/c14-9-18-11-5-7-13(8-6-11)19-12-3-1-10(2-4-12)15(16)17/h1-8H,9H2. The molecule has 0 radical (unpaired) electrons. The molecule has 0 unspecified atom stereocenters. The molecule has 0 amide bonds. The number of nitro benzene ring substituents is 1. The predicted molar refractivity (Wildman–Crippen MR) is 79.1 cm³/mol. The maximum Gasteiger partial charge on any atom is 0.269 e. The van der Waals surface area contributed by atoms with Crippen LogP contribution in [0.2, 0.25) is 0 Å². The van der Waals surface area contributed by atoms with Crippen molar-refractivity contribution in [3.8, 4) is 17.2 Å². The molecule has 0 saturated heterocycles. The highest BCUT2D eigenvalue weighted by Crippen LogP contribution is 2.25. The molecule has 0 aromatic heterocycles. The molecule has 5 nitrogen and oxygen atoms in total. The van der Waals surface area contributed by atoms with Crippen LogP contribution in [0.3, 0.4) is 0 Å². The lowest BCUT2D eigenvalue weighted by Crippen LogP contribution is -1.90. The molecule has 0 aliphatic heterocycles. The number of hydrogen-bond acceptors (Lipinski definition) is 4. The van der Waals surface area contributed by atoms with Crippen molar-refractivity contribution in [2.24, 2.45) is 0 Å². The minimum atomic E-state index is -0.444. The van der Waals surface area contributed by atoms with Crippen molar-refractivity contribution >= 4 is 28.3 Å². The number of alkyl halides is 1. The number of nitro groups is 1. The Balaban J connectivity index is 2.06. The average molecular weight is 371 g/mol. The summed E-state index contributed by atoms with van der Waals surface area (Å²) in [5.41, 5.74) is 0.0399.